The summed E-state index contributed by atoms with van der Waals surface area (Å²) in [5.74, 6) is -0.420. The van der Waals surface area contributed by atoms with Gasteiger partial charge in [0, 0.05) is 6.04 Å². The van der Waals surface area contributed by atoms with E-state index in [-0.39, 0.29) is 17.9 Å². The zero-order chi connectivity index (χ0) is 12.6. The largest absolute Gasteiger partial charge is 0.469 e. The molecule has 0 saturated heterocycles. The Balaban J connectivity index is 2.36. The summed E-state index contributed by atoms with van der Waals surface area (Å²) in [7, 11) is 1.39. The number of hydrogen-bond acceptors (Lipinski definition) is 3. The van der Waals surface area contributed by atoms with Crippen LogP contribution in [0.5, 0.6) is 0 Å². The van der Waals surface area contributed by atoms with E-state index < -0.39 is 0 Å². The Morgan fingerprint density at radius 3 is 2.71 bits per heavy atom. The lowest BCUT2D eigenvalue weighted by atomic mass is 9.81. The van der Waals surface area contributed by atoms with E-state index in [9.17, 15) is 4.79 Å². The number of fused-ring (bicyclic) bond motifs is 1. The third kappa shape index (κ3) is 2.41. The normalized spacial score (nSPS) is 23.1. The predicted molar refractivity (Wildman–Crippen MR) is 67.2 cm³/mol. The molecular formula is C12H13Cl2NO2. The van der Waals surface area contributed by atoms with Crippen molar-refractivity contribution < 1.29 is 9.53 Å². The molecule has 0 spiro atoms. The summed E-state index contributed by atoms with van der Waals surface area (Å²) in [6.07, 6.45) is 1.18. The maximum absolute atomic E-state index is 11.5. The zero-order valence-corrected chi connectivity index (χ0v) is 10.9. The highest BCUT2D eigenvalue weighted by molar-refractivity contribution is 6.42. The molecule has 1 aromatic carbocycles. The average molecular weight is 274 g/mol. The molecule has 0 amide bonds. The summed E-state index contributed by atoms with van der Waals surface area (Å²) < 4.78 is 4.75. The minimum Gasteiger partial charge on any atom is -0.469 e. The van der Waals surface area contributed by atoms with Crippen LogP contribution in [0.1, 0.15) is 23.6 Å². The Hall–Kier alpha value is -0.770. The summed E-state index contributed by atoms with van der Waals surface area (Å²) in [6.45, 7) is 0. The van der Waals surface area contributed by atoms with Gasteiger partial charge in [0.1, 0.15) is 0 Å². The third-order valence-electron chi connectivity index (χ3n) is 3.12. The van der Waals surface area contributed by atoms with Crippen LogP contribution in [0.3, 0.4) is 0 Å². The first-order chi connectivity index (χ1) is 8.02. The number of ether oxygens (including phenoxy) is 1. The molecule has 0 saturated carbocycles. The second kappa shape index (κ2) is 4.84. The molecule has 2 atom stereocenters. The summed E-state index contributed by atoms with van der Waals surface area (Å²) in [4.78, 5) is 11.5. The summed E-state index contributed by atoms with van der Waals surface area (Å²) >= 11 is 11.9. The van der Waals surface area contributed by atoms with E-state index in [2.05, 4.69) is 0 Å². The van der Waals surface area contributed by atoms with Gasteiger partial charge in [0.15, 0.2) is 0 Å². The first kappa shape index (κ1) is 12.7. The molecule has 0 bridgehead atoms. The number of halogens is 2. The van der Waals surface area contributed by atoms with Gasteiger partial charge in [-0.2, -0.15) is 0 Å². The molecule has 2 N–H and O–H groups in total. The van der Waals surface area contributed by atoms with Crippen molar-refractivity contribution in [1.29, 1.82) is 0 Å². The van der Waals surface area contributed by atoms with E-state index in [1.54, 1.807) is 12.1 Å². The molecule has 1 aliphatic rings. The number of carbonyl (C=O) groups excluding carboxylic acids is 1. The van der Waals surface area contributed by atoms with Crippen molar-refractivity contribution in [2.45, 2.75) is 18.9 Å². The number of benzene rings is 1. The second-order valence-corrected chi connectivity index (χ2v) is 5.05. The Labute approximate surface area is 110 Å². The zero-order valence-electron chi connectivity index (χ0n) is 9.37. The average Bonchev–Trinajstić information content (AvgIpc) is 2.30. The lowest BCUT2D eigenvalue weighted by Crippen LogP contribution is -2.29. The Bertz CT molecular complexity index is 462. The molecular weight excluding hydrogens is 261 g/mol. The monoisotopic (exact) mass is 273 g/mol. The van der Waals surface area contributed by atoms with Crippen molar-refractivity contribution in [2.75, 3.05) is 7.11 Å². The van der Waals surface area contributed by atoms with Crippen molar-refractivity contribution in [3.8, 4) is 0 Å². The van der Waals surface area contributed by atoms with Gasteiger partial charge in [0.2, 0.25) is 0 Å². The first-order valence-electron chi connectivity index (χ1n) is 5.34. The van der Waals surface area contributed by atoms with E-state index in [1.165, 1.54) is 7.11 Å². The molecule has 1 aromatic rings. The van der Waals surface area contributed by atoms with Crippen molar-refractivity contribution in [3.05, 3.63) is 33.3 Å². The van der Waals surface area contributed by atoms with Gasteiger partial charge < -0.3 is 10.5 Å². The van der Waals surface area contributed by atoms with Gasteiger partial charge in [-0.15, -0.1) is 0 Å². The van der Waals surface area contributed by atoms with Crippen LogP contribution in [-0.4, -0.2) is 13.1 Å². The van der Waals surface area contributed by atoms with Gasteiger partial charge in [0.25, 0.3) is 0 Å². The topological polar surface area (TPSA) is 52.3 Å². The van der Waals surface area contributed by atoms with E-state index in [0.29, 0.717) is 22.9 Å². The molecule has 0 aromatic heterocycles. The lowest BCUT2D eigenvalue weighted by molar-refractivity contribution is -0.146. The fourth-order valence-electron chi connectivity index (χ4n) is 2.25. The fourth-order valence-corrected chi connectivity index (χ4v) is 2.61. The predicted octanol–water partition coefficient (Wildman–Crippen LogP) is 2.73. The first-order valence-corrected chi connectivity index (χ1v) is 6.09. The van der Waals surface area contributed by atoms with Crippen LogP contribution in [0.2, 0.25) is 10.0 Å². The van der Waals surface area contributed by atoms with Crippen molar-refractivity contribution >= 4 is 29.2 Å². The highest BCUT2D eigenvalue weighted by atomic mass is 35.5. The van der Waals surface area contributed by atoms with Crippen LogP contribution in [0.4, 0.5) is 0 Å². The van der Waals surface area contributed by atoms with Crippen LogP contribution < -0.4 is 5.73 Å². The number of methoxy groups -OCH3 is 1. The van der Waals surface area contributed by atoms with Gasteiger partial charge >= 0.3 is 5.97 Å². The van der Waals surface area contributed by atoms with Crippen LogP contribution in [0.25, 0.3) is 0 Å². The third-order valence-corrected chi connectivity index (χ3v) is 3.84. The minimum atomic E-state index is -0.225. The molecule has 3 nitrogen and oxygen atoms in total. The molecule has 5 heteroatoms. The van der Waals surface area contributed by atoms with E-state index >= 15 is 0 Å². The molecule has 0 radical (unpaired) electrons. The second-order valence-electron chi connectivity index (χ2n) is 4.23. The molecule has 92 valence electrons. The van der Waals surface area contributed by atoms with Crippen molar-refractivity contribution in [1.82, 2.24) is 0 Å². The number of hydrogen-bond donors (Lipinski definition) is 1. The summed E-state index contributed by atoms with van der Waals surface area (Å²) in [5, 5.41) is 0.987. The quantitative estimate of drug-likeness (QED) is 0.801. The minimum absolute atomic E-state index is 0.195. The van der Waals surface area contributed by atoms with Crippen LogP contribution >= 0.6 is 23.2 Å². The Morgan fingerprint density at radius 1 is 1.41 bits per heavy atom. The van der Waals surface area contributed by atoms with E-state index in [0.717, 1.165) is 11.1 Å². The van der Waals surface area contributed by atoms with Gasteiger partial charge in [-0.3, -0.25) is 4.79 Å². The smallest absolute Gasteiger partial charge is 0.309 e. The molecule has 0 aliphatic heterocycles. The number of rotatable bonds is 1. The Morgan fingerprint density at radius 2 is 2.06 bits per heavy atom. The molecule has 17 heavy (non-hydrogen) atoms. The highest BCUT2D eigenvalue weighted by Crippen LogP contribution is 2.36. The summed E-state index contributed by atoms with van der Waals surface area (Å²) in [5.41, 5.74) is 7.99. The molecule has 0 heterocycles. The van der Waals surface area contributed by atoms with Gasteiger partial charge in [-0.05, 0) is 36.1 Å². The Kier molecular flexibility index (Phi) is 3.61. The fraction of sp³-hybridized carbons (Fsp3) is 0.417. The van der Waals surface area contributed by atoms with Crippen LogP contribution in [0, 0.1) is 5.92 Å². The number of esters is 1. The summed E-state index contributed by atoms with van der Waals surface area (Å²) in [6, 6.07) is 3.38. The lowest BCUT2D eigenvalue weighted by Gasteiger charge is -2.28. The van der Waals surface area contributed by atoms with Crippen molar-refractivity contribution in [2.24, 2.45) is 11.7 Å². The number of carbonyl (C=O) groups is 1. The maximum atomic E-state index is 11.5. The standard InChI is InChI=1S/C12H13Cl2NO2/c1-17-12(16)7-2-6-3-9(13)10(14)5-8(6)11(15)4-7/h3,5,7,11H,2,4,15H2,1H3/t7-,11+/m0/s1. The van der Waals surface area contributed by atoms with Crippen LogP contribution in [-0.2, 0) is 16.0 Å². The van der Waals surface area contributed by atoms with Crippen LogP contribution in [0.15, 0.2) is 12.1 Å². The van der Waals surface area contributed by atoms with Gasteiger partial charge in [0.05, 0.1) is 23.1 Å². The van der Waals surface area contributed by atoms with Gasteiger partial charge in [-0.25, -0.2) is 0 Å². The molecule has 2 rings (SSSR count). The van der Waals surface area contributed by atoms with E-state index in [4.69, 9.17) is 33.7 Å². The highest BCUT2D eigenvalue weighted by Gasteiger charge is 2.30. The van der Waals surface area contributed by atoms with E-state index in [1.807, 2.05) is 0 Å². The van der Waals surface area contributed by atoms with Gasteiger partial charge in [-0.1, -0.05) is 23.2 Å². The maximum Gasteiger partial charge on any atom is 0.309 e. The molecule has 0 unspecified atom stereocenters. The number of nitrogens with two attached hydrogens (primary N) is 1. The molecule has 0 fully saturated rings. The SMILES string of the molecule is COC(=O)[C@H]1Cc2cc(Cl)c(Cl)cc2[C@H](N)C1. The molecule has 1 aliphatic carbocycles. The van der Waals surface area contributed by atoms with Crippen molar-refractivity contribution in [3.63, 3.8) is 0 Å².